The van der Waals surface area contributed by atoms with E-state index in [2.05, 4.69) is 37.4 Å². The standard InChI is InChI=1S/C30H50NO7P.C20H42/c1-5-6-7-8-9-10-11-12-13-14-15-16-17-18-19-20-21-22-23-24-29(34)30(25-31(2,3)4)38-39(35,36)37-27-28(33)26-32;1-3-5-7-9-11-13-15-17-19-20-18-16-14-12-10-8-6-4-2/h13-24,28,30,32-33H,5-12,25-27H2,1-4H3;3-20H2,1-2H3/p+1. The van der Waals surface area contributed by atoms with Gasteiger partial charge in [0.05, 0.1) is 34.4 Å². The molecule has 0 amide bonds. The second-order valence-corrected chi connectivity index (χ2v) is 18.4. The van der Waals surface area contributed by atoms with Crippen LogP contribution in [0.15, 0.2) is 72.9 Å². The number of aliphatic hydroxyl groups is 2. The van der Waals surface area contributed by atoms with Gasteiger partial charge in [0.25, 0.3) is 0 Å². The van der Waals surface area contributed by atoms with Gasteiger partial charge in [0.15, 0.2) is 11.9 Å². The monoisotopic (exact) mass is 851 g/mol. The number of aliphatic hydroxyl groups excluding tert-OH is 2. The fraction of sp³-hybridized carbons (Fsp3) is 0.740. The summed E-state index contributed by atoms with van der Waals surface area (Å²) in [7, 11) is 0.820. The summed E-state index contributed by atoms with van der Waals surface area (Å²) < 4.78 is 22.2. The van der Waals surface area contributed by atoms with Crippen molar-refractivity contribution >= 4 is 13.6 Å². The van der Waals surface area contributed by atoms with Gasteiger partial charge in [0.1, 0.15) is 12.6 Å². The Morgan fingerprint density at radius 1 is 0.559 bits per heavy atom. The number of phosphoric ester groups is 1. The van der Waals surface area contributed by atoms with Crippen LogP contribution in [0.3, 0.4) is 0 Å². The van der Waals surface area contributed by atoms with E-state index in [0.29, 0.717) is 4.48 Å². The molecule has 0 aliphatic carbocycles. The zero-order chi connectivity index (χ0) is 44.1. The summed E-state index contributed by atoms with van der Waals surface area (Å²) >= 11 is 0. The Kier molecular flexibility index (Phi) is 44.3. The van der Waals surface area contributed by atoms with Crippen LogP contribution in [0.2, 0.25) is 0 Å². The number of nitrogens with zero attached hydrogens (tertiary/aromatic N) is 1. The van der Waals surface area contributed by atoms with Gasteiger partial charge in [-0.2, -0.15) is 0 Å². The molecule has 59 heavy (non-hydrogen) atoms. The van der Waals surface area contributed by atoms with E-state index in [1.165, 1.54) is 173 Å². The number of quaternary nitrogens is 1. The molecule has 3 unspecified atom stereocenters. The number of rotatable bonds is 40. The minimum atomic E-state index is -4.62. The Morgan fingerprint density at radius 3 is 1.25 bits per heavy atom. The van der Waals surface area contributed by atoms with Crippen molar-refractivity contribution in [3.63, 3.8) is 0 Å². The summed E-state index contributed by atoms with van der Waals surface area (Å²) in [6, 6.07) is 0. The summed E-state index contributed by atoms with van der Waals surface area (Å²) in [6.07, 6.45) is 56.2. The van der Waals surface area contributed by atoms with Gasteiger partial charge >= 0.3 is 7.82 Å². The van der Waals surface area contributed by atoms with Crippen molar-refractivity contribution in [3.8, 4) is 0 Å². The Hall–Kier alpha value is -1.90. The lowest BCUT2D eigenvalue weighted by atomic mass is 10.0. The van der Waals surface area contributed by atoms with E-state index in [1.54, 1.807) is 12.2 Å². The quantitative estimate of drug-likeness (QED) is 0.0185. The summed E-state index contributed by atoms with van der Waals surface area (Å²) in [4.78, 5) is 22.5. The molecule has 0 radical (unpaired) electrons. The van der Waals surface area contributed by atoms with Crippen LogP contribution in [0.5, 0.6) is 0 Å². The van der Waals surface area contributed by atoms with E-state index in [9.17, 15) is 19.4 Å². The summed E-state index contributed by atoms with van der Waals surface area (Å²) in [5.41, 5.74) is 0. The second kappa shape index (κ2) is 44.2. The van der Waals surface area contributed by atoms with Gasteiger partial charge in [0.2, 0.25) is 0 Å². The molecule has 3 N–H and O–H groups in total. The maximum absolute atomic E-state index is 12.6. The van der Waals surface area contributed by atoms with Crippen molar-refractivity contribution in [1.29, 1.82) is 0 Å². The number of carbonyl (C=O) groups excluding carboxylic acids is 1. The van der Waals surface area contributed by atoms with Crippen LogP contribution in [-0.2, 0) is 18.4 Å². The molecule has 0 heterocycles. The fourth-order valence-corrected chi connectivity index (χ4v) is 7.15. The highest BCUT2D eigenvalue weighted by Gasteiger charge is 2.34. The van der Waals surface area contributed by atoms with Crippen molar-refractivity contribution in [2.45, 2.75) is 200 Å². The number of likely N-dealkylation sites (N-methyl/N-ethyl adjacent to an activating group) is 1. The molecular weight excluding hydrogens is 758 g/mol. The zero-order valence-electron chi connectivity index (χ0n) is 39.0. The van der Waals surface area contributed by atoms with Crippen molar-refractivity contribution in [2.24, 2.45) is 0 Å². The Balaban J connectivity index is 0. The van der Waals surface area contributed by atoms with E-state index >= 15 is 0 Å². The first kappa shape index (κ1) is 59.2. The Labute approximate surface area is 364 Å². The van der Waals surface area contributed by atoms with Gasteiger partial charge in [-0.3, -0.25) is 13.8 Å². The van der Waals surface area contributed by atoms with Gasteiger partial charge in [-0.25, -0.2) is 4.57 Å². The molecule has 0 bridgehead atoms. The van der Waals surface area contributed by atoms with Crippen molar-refractivity contribution < 1.29 is 38.0 Å². The van der Waals surface area contributed by atoms with Gasteiger partial charge in [-0.1, -0.05) is 242 Å². The normalized spacial score (nSPS) is 14.7. The summed E-state index contributed by atoms with van der Waals surface area (Å²) in [6.45, 7) is 5.73. The average molecular weight is 851 g/mol. The van der Waals surface area contributed by atoms with Crippen LogP contribution in [0.4, 0.5) is 0 Å². The minimum Gasteiger partial charge on any atom is -0.394 e. The molecule has 0 saturated carbocycles. The molecule has 0 aliphatic rings. The average Bonchev–Trinajstić information content (AvgIpc) is 3.20. The third kappa shape index (κ3) is 48.6. The predicted molar refractivity (Wildman–Crippen MR) is 254 cm³/mol. The lowest BCUT2D eigenvalue weighted by molar-refractivity contribution is -0.872. The van der Waals surface area contributed by atoms with E-state index in [4.69, 9.17) is 9.63 Å². The first-order valence-electron chi connectivity index (χ1n) is 23.7. The highest BCUT2D eigenvalue weighted by Crippen LogP contribution is 2.45. The lowest BCUT2D eigenvalue weighted by Crippen LogP contribution is -2.45. The van der Waals surface area contributed by atoms with Crippen molar-refractivity contribution in [1.82, 2.24) is 0 Å². The molecule has 0 aromatic heterocycles. The van der Waals surface area contributed by atoms with Crippen LogP contribution < -0.4 is 0 Å². The molecule has 0 saturated heterocycles. The van der Waals surface area contributed by atoms with Gasteiger partial charge in [0, 0.05) is 0 Å². The number of unbranched alkanes of at least 4 members (excludes halogenated alkanes) is 24. The molecule has 0 aliphatic heterocycles. The second-order valence-electron chi connectivity index (χ2n) is 17.0. The highest BCUT2D eigenvalue weighted by atomic mass is 31.2. The molecule has 0 rings (SSSR count). The third-order valence-electron chi connectivity index (χ3n) is 9.76. The molecular formula is C50H93NO7P+. The van der Waals surface area contributed by atoms with Crippen LogP contribution in [0.25, 0.3) is 0 Å². The molecule has 0 fully saturated rings. The van der Waals surface area contributed by atoms with Crippen LogP contribution in [0, 0.1) is 0 Å². The molecule has 9 heteroatoms. The first-order chi connectivity index (χ1) is 28.4. The lowest BCUT2D eigenvalue weighted by Gasteiger charge is -2.28. The number of ketones is 1. The zero-order valence-corrected chi connectivity index (χ0v) is 39.9. The number of phosphoric acid groups is 1. The van der Waals surface area contributed by atoms with Gasteiger partial charge in [-0.15, -0.1) is 0 Å². The molecule has 3 atom stereocenters. The fourth-order valence-electron chi connectivity index (χ4n) is 6.24. The number of hydrogen-bond acceptors (Lipinski definition) is 6. The molecule has 344 valence electrons. The predicted octanol–water partition coefficient (Wildman–Crippen LogP) is 13.6. The topological polar surface area (TPSA) is 113 Å². The van der Waals surface area contributed by atoms with Crippen LogP contribution >= 0.6 is 7.82 Å². The Morgan fingerprint density at radius 2 is 0.898 bits per heavy atom. The minimum absolute atomic E-state index is 0.121. The smallest absolute Gasteiger partial charge is 0.394 e. The molecule has 0 spiro atoms. The van der Waals surface area contributed by atoms with Crippen LogP contribution in [-0.4, -0.2) is 78.5 Å². The largest absolute Gasteiger partial charge is 0.473 e. The van der Waals surface area contributed by atoms with Gasteiger partial charge in [-0.05, 0) is 18.9 Å². The van der Waals surface area contributed by atoms with E-state index in [1.807, 2.05) is 57.6 Å². The van der Waals surface area contributed by atoms with E-state index < -0.39 is 39.0 Å². The van der Waals surface area contributed by atoms with Crippen molar-refractivity contribution in [2.75, 3.05) is 40.9 Å². The number of hydrogen-bond donors (Lipinski definition) is 3. The molecule has 0 aromatic carbocycles. The summed E-state index contributed by atoms with van der Waals surface area (Å²) in [5.74, 6) is -0.498. The Bertz CT molecular complexity index is 1140. The number of allylic oxidation sites excluding steroid dienone is 11. The highest BCUT2D eigenvalue weighted by molar-refractivity contribution is 7.47. The third-order valence-corrected chi connectivity index (χ3v) is 10.8. The molecule has 8 nitrogen and oxygen atoms in total. The molecule has 0 aromatic rings. The van der Waals surface area contributed by atoms with Gasteiger partial charge < -0.3 is 19.6 Å². The number of carbonyl (C=O) groups is 1. The van der Waals surface area contributed by atoms with E-state index in [0.717, 1.165) is 6.42 Å². The van der Waals surface area contributed by atoms with Crippen molar-refractivity contribution in [3.05, 3.63) is 72.9 Å². The summed E-state index contributed by atoms with van der Waals surface area (Å²) in [5, 5.41) is 18.1. The van der Waals surface area contributed by atoms with E-state index in [-0.39, 0.29) is 6.54 Å². The maximum Gasteiger partial charge on any atom is 0.473 e. The first-order valence-corrected chi connectivity index (χ1v) is 25.2. The van der Waals surface area contributed by atoms with Crippen LogP contribution in [0.1, 0.15) is 188 Å². The maximum atomic E-state index is 12.6. The SMILES string of the molecule is CCCCCCCCCC=CC=CC=CC=CC=CC=CC(=O)C(C[N+](C)(C)C)OP(=O)(O)OCC(O)CO.CCCCCCCCCCCCCCCCCCCC.